The SMILES string of the molecule is C[C@@H](N)COc1ccnc2ccc(N)cc12. The van der Waals surface area contributed by atoms with Crippen molar-refractivity contribution < 1.29 is 4.74 Å². The summed E-state index contributed by atoms with van der Waals surface area (Å²) < 4.78 is 5.62. The fourth-order valence-electron chi connectivity index (χ4n) is 1.49. The van der Waals surface area contributed by atoms with Gasteiger partial charge >= 0.3 is 0 Å². The smallest absolute Gasteiger partial charge is 0.130 e. The number of aromatic nitrogens is 1. The molecule has 0 radical (unpaired) electrons. The number of anilines is 1. The molecular weight excluding hydrogens is 202 g/mol. The van der Waals surface area contributed by atoms with E-state index in [2.05, 4.69) is 4.98 Å². The minimum absolute atomic E-state index is 0.00396. The van der Waals surface area contributed by atoms with Gasteiger partial charge in [0.2, 0.25) is 0 Å². The largest absolute Gasteiger partial charge is 0.491 e. The highest BCUT2D eigenvalue weighted by atomic mass is 16.5. The zero-order valence-electron chi connectivity index (χ0n) is 9.18. The first-order chi connectivity index (χ1) is 7.66. The summed E-state index contributed by atoms with van der Waals surface area (Å²) in [6.45, 7) is 2.38. The summed E-state index contributed by atoms with van der Waals surface area (Å²) in [6.07, 6.45) is 1.72. The summed E-state index contributed by atoms with van der Waals surface area (Å²) in [7, 11) is 0. The summed E-state index contributed by atoms with van der Waals surface area (Å²) in [4.78, 5) is 4.24. The Balaban J connectivity index is 2.40. The third kappa shape index (κ3) is 2.23. The Bertz CT molecular complexity index is 497. The molecule has 4 N–H and O–H groups in total. The van der Waals surface area contributed by atoms with Gasteiger partial charge in [0, 0.05) is 23.3 Å². The maximum absolute atomic E-state index is 5.74. The van der Waals surface area contributed by atoms with E-state index in [0.29, 0.717) is 12.3 Å². The van der Waals surface area contributed by atoms with Crippen LogP contribution < -0.4 is 16.2 Å². The molecule has 0 aliphatic carbocycles. The minimum Gasteiger partial charge on any atom is -0.491 e. The number of hydrogen-bond acceptors (Lipinski definition) is 4. The Kier molecular flexibility index (Phi) is 2.92. The topological polar surface area (TPSA) is 74.2 Å². The maximum Gasteiger partial charge on any atom is 0.130 e. The van der Waals surface area contributed by atoms with Crippen LogP contribution in [0.1, 0.15) is 6.92 Å². The molecule has 2 rings (SSSR count). The van der Waals surface area contributed by atoms with Gasteiger partial charge in [-0.3, -0.25) is 4.98 Å². The van der Waals surface area contributed by atoms with Gasteiger partial charge in [0.25, 0.3) is 0 Å². The molecule has 1 heterocycles. The molecule has 4 heteroatoms. The Morgan fingerprint density at radius 2 is 2.19 bits per heavy atom. The monoisotopic (exact) mass is 217 g/mol. The number of pyridine rings is 1. The molecule has 1 atom stereocenters. The predicted octanol–water partition coefficient (Wildman–Crippen LogP) is 1.54. The molecule has 0 unspecified atom stereocenters. The lowest BCUT2D eigenvalue weighted by molar-refractivity contribution is 0.299. The summed E-state index contributed by atoms with van der Waals surface area (Å²) in [5, 5.41) is 0.920. The first-order valence-corrected chi connectivity index (χ1v) is 5.19. The zero-order chi connectivity index (χ0) is 11.5. The summed E-state index contributed by atoms with van der Waals surface area (Å²) in [5.41, 5.74) is 13.0. The zero-order valence-corrected chi connectivity index (χ0v) is 9.18. The molecule has 0 saturated heterocycles. The van der Waals surface area contributed by atoms with Crippen molar-refractivity contribution in [1.82, 2.24) is 4.98 Å². The van der Waals surface area contributed by atoms with Crippen molar-refractivity contribution in [2.75, 3.05) is 12.3 Å². The van der Waals surface area contributed by atoms with Crippen LogP contribution in [0.2, 0.25) is 0 Å². The third-order valence-electron chi connectivity index (χ3n) is 2.23. The van der Waals surface area contributed by atoms with Crippen LogP contribution in [0.15, 0.2) is 30.5 Å². The molecule has 1 aromatic heterocycles. The molecule has 0 aliphatic rings. The van der Waals surface area contributed by atoms with Crippen molar-refractivity contribution in [1.29, 1.82) is 0 Å². The number of nitrogen functional groups attached to an aromatic ring is 1. The molecular formula is C12H15N3O. The van der Waals surface area contributed by atoms with Crippen molar-refractivity contribution in [2.24, 2.45) is 5.73 Å². The Labute approximate surface area is 94.2 Å². The van der Waals surface area contributed by atoms with E-state index in [9.17, 15) is 0 Å². The number of hydrogen-bond donors (Lipinski definition) is 2. The second kappa shape index (κ2) is 4.37. The van der Waals surface area contributed by atoms with Crippen LogP contribution in [-0.4, -0.2) is 17.6 Å². The third-order valence-corrected chi connectivity index (χ3v) is 2.23. The van der Waals surface area contributed by atoms with Crippen molar-refractivity contribution in [2.45, 2.75) is 13.0 Å². The van der Waals surface area contributed by atoms with E-state index in [-0.39, 0.29) is 6.04 Å². The average molecular weight is 217 g/mol. The van der Waals surface area contributed by atoms with Gasteiger partial charge < -0.3 is 16.2 Å². The number of benzene rings is 1. The van der Waals surface area contributed by atoms with Crippen molar-refractivity contribution in [3.63, 3.8) is 0 Å². The molecule has 1 aromatic carbocycles. The summed E-state index contributed by atoms with van der Waals surface area (Å²) in [5.74, 6) is 0.773. The van der Waals surface area contributed by atoms with Crippen molar-refractivity contribution >= 4 is 16.6 Å². The molecule has 84 valence electrons. The van der Waals surface area contributed by atoms with Gasteiger partial charge in [0.05, 0.1) is 5.52 Å². The number of nitrogens with zero attached hydrogens (tertiary/aromatic N) is 1. The van der Waals surface area contributed by atoms with Crippen LogP contribution >= 0.6 is 0 Å². The quantitative estimate of drug-likeness (QED) is 0.765. The van der Waals surface area contributed by atoms with Crippen LogP contribution in [0.5, 0.6) is 5.75 Å². The van der Waals surface area contributed by atoms with E-state index in [1.807, 2.05) is 31.2 Å². The van der Waals surface area contributed by atoms with E-state index >= 15 is 0 Å². The summed E-state index contributed by atoms with van der Waals surface area (Å²) in [6, 6.07) is 7.39. The Hall–Kier alpha value is -1.81. The molecule has 0 aliphatic heterocycles. The first-order valence-electron chi connectivity index (χ1n) is 5.19. The molecule has 0 saturated carbocycles. The molecule has 4 nitrogen and oxygen atoms in total. The van der Waals surface area contributed by atoms with E-state index in [4.69, 9.17) is 16.2 Å². The van der Waals surface area contributed by atoms with Gasteiger partial charge in [0.1, 0.15) is 12.4 Å². The molecule has 2 aromatic rings. The van der Waals surface area contributed by atoms with Gasteiger partial charge in [-0.1, -0.05) is 0 Å². The molecule has 16 heavy (non-hydrogen) atoms. The molecule has 0 spiro atoms. The van der Waals surface area contributed by atoms with E-state index < -0.39 is 0 Å². The van der Waals surface area contributed by atoms with Gasteiger partial charge in [-0.25, -0.2) is 0 Å². The van der Waals surface area contributed by atoms with Gasteiger partial charge in [-0.15, -0.1) is 0 Å². The van der Waals surface area contributed by atoms with Crippen molar-refractivity contribution in [3.8, 4) is 5.75 Å². The van der Waals surface area contributed by atoms with Crippen LogP contribution in [0.25, 0.3) is 10.9 Å². The highest BCUT2D eigenvalue weighted by molar-refractivity contribution is 5.87. The van der Waals surface area contributed by atoms with Crippen LogP contribution in [-0.2, 0) is 0 Å². The average Bonchev–Trinajstić information content (AvgIpc) is 2.26. The molecule has 0 amide bonds. The highest BCUT2D eigenvalue weighted by Crippen LogP contribution is 2.25. The molecule has 0 bridgehead atoms. The van der Waals surface area contributed by atoms with E-state index in [0.717, 1.165) is 16.7 Å². The van der Waals surface area contributed by atoms with Crippen LogP contribution in [0, 0.1) is 0 Å². The predicted molar refractivity (Wildman–Crippen MR) is 65.3 cm³/mol. The van der Waals surface area contributed by atoms with Gasteiger partial charge in [-0.2, -0.15) is 0 Å². The Morgan fingerprint density at radius 3 is 2.94 bits per heavy atom. The lowest BCUT2D eigenvalue weighted by atomic mass is 10.2. The van der Waals surface area contributed by atoms with E-state index in [1.165, 1.54) is 0 Å². The van der Waals surface area contributed by atoms with Gasteiger partial charge in [-0.05, 0) is 31.2 Å². The first kappa shape index (κ1) is 10.7. The highest BCUT2D eigenvalue weighted by Gasteiger charge is 2.04. The standard InChI is InChI=1S/C12H15N3O/c1-8(13)7-16-12-4-5-15-11-3-2-9(14)6-10(11)12/h2-6,8H,7,13-14H2,1H3/t8-/m1/s1. The van der Waals surface area contributed by atoms with Crippen LogP contribution in [0.3, 0.4) is 0 Å². The second-order valence-electron chi connectivity index (χ2n) is 3.87. The molecule has 0 fully saturated rings. The maximum atomic E-state index is 5.74. The summed E-state index contributed by atoms with van der Waals surface area (Å²) >= 11 is 0. The van der Waals surface area contributed by atoms with Crippen molar-refractivity contribution in [3.05, 3.63) is 30.5 Å². The minimum atomic E-state index is 0.00396. The fraction of sp³-hybridized carbons (Fsp3) is 0.250. The second-order valence-corrected chi connectivity index (χ2v) is 3.87. The number of ether oxygens (including phenoxy) is 1. The number of nitrogens with two attached hydrogens (primary N) is 2. The number of rotatable bonds is 3. The van der Waals surface area contributed by atoms with Gasteiger partial charge in [0.15, 0.2) is 0 Å². The lowest BCUT2D eigenvalue weighted by Crippen LogP contribution is -2.23. The normalized spacial score (nSPS) is 12.6. The lowest BCUT2D eigenvalue weighted by Gasteiger charge is -2.11. The van der Waals surface area contributed by atoms with E-state index in [1.54, 1.807) is 6.20 Å². The van der Waals surface area contributed by atoms with Crippen LogP contribution in [0.4, 0.5) is 5.69 Å². The fourth-order valence-corrected chi connectivity index (χ4v) is 1.49. The number of fused-ring (bicyclic) bond motifs is 1. The Morgan fingerprint density at radius 1 is 1.38 bits per heavy atom.